The van der Waals surface area contributed by atoms with Crippen LogP contribution in [-0.4, -0.2) is 6.18 Å². The average Bonchev–Trinajstić information content (AvgIpc) is 2.40. The molecule has 4 heteroatoms. The molecule has 0 atom stereocenters. The molecule has 0 saturated carbocycles. The highest BCUT2D eigenvalue weighted by molar-refractivity contribution is 6.31. The number of allylic oxidation sites excluding steroid dienone is 5. The molecule has 0 aromatic heterocycles. The first-order valence-corrected chi connectivity index (χ1v) is 7.43. The second-order valence-electron chi connectivity index (χ2n) is 5.13. The average molecular weight is 329 g/mol. The molecule has 22 heavy (non-hydrogen) atoms. The van der Waals surface area contributed by atoms with Crippen LogP contribution in [0.4, 0.5) is 13.2 Å². The van der Waals surface area contributed by atoms with Crippen LogP contribution in [0.3, 0.4) is 0 Å². The molecule has 0 fully saturated rings. The molecule has 1 rings (SSSR count). The first kappa shape index (κ1) is 18.6. The third-order valence-corrected chi connectivity index (χ3v) is 3.85. The molecule has 120 valence electrons. The zero-order chi connectivity index (χ0) is 16.9. The highest BCUT2D eigenvalue weighted by atomic mass is 35.5. The van der Waals surface area contributed by atoms with Crippen LogP contribution in [0.15, 0.2) is 47.5 Å². The molecular formula is C18H20ClF3. The van der Waals surface area contributed by atoms with E-state index in [2.05, 4.69) is 25.6 Å². The van der Waals surface area contributed by atoms with Gasteiger partial charge in [-0.05, 0) is 55.0 Å². The molecule has 0 N–H and O–H groups in total. The van der Waals surface area contributed by atoms with Crippen molar-refractivity contribution in [2.75, 3.05) is 0 Å². The van der Waals surface area contributed by atoms with Crippen LogP contribution in [0.5, 0.6) is 0 Å². The summed E-state index contributed by atoms with van der Waals surface area (Å²) in [7, 11) is 0. The molecule has 0 nitrogen and oxygen atoms in total. The largest absolute Gasteiger partial charge is 0.417 e. The SMILES string of the molecule is C=C/C(=C(Cl)\C=C/Cc1c(C)cc(CC)cc1C)C(F)(F)F. The van der Waals surface area contributed by atoms with Crippen LogP contribution in [0.2, 0.25) is 0 Å². The quantitative estimate of drug-likeness (QED) is 0.564. The molecule has 0 bridgehead atoms. The summed E-state index contributed by atoms with van der Waals surface area (Å²) in [6.45, 7) is 9.28. The summed E-state index contributed by atoms with van der Waals surface area (Å²) in [5.41, 5.74) is 3.74. The Labute approximate surface area is 135 Å². The van der Waals surface area contributed by atoms with E-state index in [0.717, 1.165) is 29.2 Å². The molecule has 0 radical (unpaired) electrons. The fraction of sp³-hybridized carbons (Fsp3) is 0.333. The Morgan fingerprint density at radius 3 is 2.18 bits per heavy atom. The Kier molecular flexibility index (Phi) is 6.48. The molecule has 1 aromatic carbocycles. The van der Waals surface area contributed by atoms with Crippen molar-refractivity contribution >= 4 is 11.6 Å². The van der Waals surface area contributed by atoms with Crippen LogP contribution in [0, 0.1) is 13.8 Å². The fourth-order valence-corrected chi connectivity index (χ4v) is 2.60. The summed E-state index contributed by atoms with van der Waals surface area (Å²) in [5.74, 6) is 0. The summed E-state index contributed by atoms with van der Waals surface area (Å²) in [4.78, 5) is 0. The van der Waals surface area contributed by atoms with Gasteiger partial charge in [0.1, 0.15) is 0 Å². The number of alkyl halides is 3. The van der Waals surface area contributed by atoms with E-state index in [9.17, 15) is 13.2 Å². The lowest BCUT2D eigenvalue weighted by Gasteiger charge is -2.11. The predicted octanol–water partition coefficient (Wildman–Crippen LogP) is 6.21. The van der Waals surface area contributed by atoms with Gasteiger partial charge in [0.05, 0.1) is 10.6 Å². The number of halogens is 4. The lowest BCUT2D eigenvalue weighted by atomic mass is 9.96. The number of rotatable bonds is 5. The van der Waals surface area contributed by atoms with Gasteiger partial charge in [-0.2, -0.15) is 13.2 Å². The highest BCUT2D eigenvalue weighted by Crippen LogP contribution is 2.31. The minimum atomic E-state index is -4.49. The number of aryl methyl sites for hydroxylation is 3. The van der Waals surface area contributed by atoms with Crippen LogP contribution < -0.4 is 0 Å². The molecular weight excluding hydrogens is 309 g/mol. The Bertz CT molecular complexity index is 584. The van der Waals surface area contributed by atoms with Gasteiger partial charge in [0.2, 0.25) is 0 Å². The van der Waals surface area contributed by atoms with Gasteiger partial charge in [0.25, 0.3) is 0 Å². The molecule has 0 aliphatic rings. The van der Waals surface area contributed by atoms with Crippen molar-refractivity contribution in [1.82, 2.24) is 0 Å². The smallest absolute Gasteiger partial charge is 0.166 e. The van der Waals surface area contributed by atoms with E-state index in [1.54, 1.807) is 6.08 Å². The maximum atomic E-state index is 12.7. The van der Waals surface area contributed by atoms with Gasteiger partial charge in [0, 0.05) is 0 Å². The van der Waals surface area contributed by atoms with Crippen LogP contribution in [0.1, 0.15) is 29.2 Å². The predicted molar refractivity (Wildman–Crippen MR) is 87.3 cm³/mol. The van der Waals surface area contributed by atoms with E-state index in [1.165, 1.54) is 11.6 Å². The molecule has 0 aliphatic heterocycles. The van der Waals surface area contributed by atoms with Crippen molar-refractivity contribution in [3.63, 3.8) is 0 Å². The van der Waals surface area contributed by atoms with Gasteiger partial charge in [0.15, 0.2) is 0 Å². The minimum absolute atomic E-state index is 0.344. The summed E-state index contributed by atoms with van der Waals surface area (Å²) in [5, 5.41) is -0.344. The molecule has 0 spiro atoms. The van der Waals surface area contributed by atoms with Crippen LogP contribution in [0.25, 0.3) is 0 Å². The van der Waals surface area contributed by atoms with Crippen molar-refractivity contribution in [3.05, 3.63) is 69.8 Å². The molecule has 0 saturated heterocycles. The van der Waals surface area contributed by atoms with Gasteiger partial charge in [-0.25, -0.2) is 0 Å². The maximum Gasteiger partial charge on any atom is 0.417 e. The Morgan fingerprint density at radius 2 is 1.77 bits per heavy atom. The van der Waals surface area contributed by atoms with Crippen molar-refractivity contribution in [2.24, 2.45) is 0 Å². The summed E-state index contributed by atoms with van der Waals surface area (Å²) < 4.78 is 38.1. The monoisotopic (exact) mass is 328 g/mol. The maximum absolute atomic E-state index is 12.7. The van der Waals surface area contributed by atoms with E-state index < -0.39 is 11.7 Å². The Hall–Kier alpha value is -1.48. The fourth-order valence-electron chi connectivity index (χ4n) is 2.33. The lowest BCUT2D eigenvalue weighted by Crippen LogP contribution is -2.10. The van der Waals surface area contributed by atoms with Gasteiger partial charge in [-0.15, -0.1) is 0 Å². The van der Waals surface area contributed by atoms with E-state index in [1.807, 2.05) is 13.8 Å². The topological polar surface area (TPSA) is 0 Å². The van der Waals surface area contributed by atoms with E-state index in [-0.39, 0.29) is 5.03 Å². The third-order valence-electron chi connectivity index (χ3n) is 3.52. The van der Waals surface area contributed by atoms with Gasteiger partial charge < -0.3 is 0 Å². The van der Waals surface area contributed by atoms with Crippen molar-refractivity contribution in [1.29, 1.82) is 0 Å². The number of hydrogen-bond acceptors (Lipinski definition) is 0. The first-order valence-electron chi connectivity index (χ1n) is 7.05. The molecule has 1 aromatic rings. The van der Waals surface area contributed by atoms with Crippen molar-refractivity contribution < 1.29 is 13.2 Å². The molecule has 0 aliphatic carbocycles. The normalized spacial score (nSPS) is 13.4. The van der Waals surface area contributed by atoms with E-state index in [0.29, 0.717) is 6.42 Å². The van der Waals surface area contributed by atoms with Crippen molar-refractivity contribution in [2.45, 2.75) is 39.8 Å². The Balaban J connectivity index is 3.00. The summed E-state index contributed by atoms with van der Waals surface area (Å²) in [6.07, 6.45) is 0.689. The zero-order valence-electron chi connectivity index (χ0n) is 13.0. The summed E-state index contributed by atoms with van der Waals surface area (Å²) >= 11 is 5.73. The zero-order valence-corrected chi connectivity index (χ0v) is 13.8. The van der Waals surface area contributed by atoms with Crippen LogP contribution in [-0.2, 0) is 12.8 Å². The number of benzene rings is 1. The third kappa shape index (κ3) is 4.77. The second kappa shape index (κ2) is 7.68. The summed E-state index contributed by atoms with van der Waals surface area (Å²) in [6, 6.07) is 4.22. The van der Waals surface area contributed by atoms with Gasteiger partial charge in [-0.1, -0.05) is 49.4 Å². The van der Waals surface area contributed by atoms with E-state index >= 15 is 0 Å². The molecule has 0 unspecified atom stereocenters. The second-order valence-corrected chi connectivity index (χ2v) is 5.54. The van der Waals surface area contributed by atoms with Crippen molar-refractivity contribution in [3.8, 4) is 0 Å². The number of hydrogen-bond donors (Lipinski definition) is 0. The molecule has 0 amide bonds. The standard InChI is InChI=1S/C18H20ClF3/c1-5-14-10-12(3)15(13(4)11-14)8-7-9-17(19)16(6-2)18(20,21)22/h6-7,9-11H,2,5,8H2,1,3-4H3/b9-7-,17-16-. The van der Waals surface area contributed by atoms with Gasteiger partial charge >= 0.3 is 6.18 Å². The van der Waals surface area contributed by atoms with Gasteiger partial charge in [-0.3, -0.25) is 0 Å². The first-order chi connectivity index (χ1) is 10.2. The molecule has 0 heterocycles. The highest BCUT2D eigenvalue weighted by Gasteiger charge is 2.33. The Morgan fingerprint density at radius 1 is 1.23 bits per heavy atom. The lowest BCUT2D eigenvalue weighted by molar-refractivity contribution is -0.0883. The van der Waals surface area contributed by atoms with E-state index in [4.69, 9.17) is 11.6 Å². The van der Waals surface area contributed by atoms with Crippen LogP contribution >= 0.6 is 11.6 Å². The minimum Gasteiger partial charge on any atom is -0.166 e.